The molecule has 0 saturated carbocycles. The van der Waals surface area contributed by atoms with Gasteiger partial charge in [0.2, 0.25) is 0 Å². The molecule has 1 unspecified atom stereocenters. The molecule has 4 heterocycles. The van der Waals surface area contributed by atoms with Crippen molar-refractivity contribution in [2.75, 3.05) is 18.0 Å². The van der Waals surface area contributed by atoms with E-state index in [9.17, 15) is 13.9 Å². The Bertz CT molecular complexity index is 1340. The Balaban J connectivity index is 1.27. The summed E-state index contributed by atoms with van der Waals surface area (Å²) in [5, 5.41) is 14.6. The molecular weight excluding hydrogens is 494 g/mol. The largest absolute Gasteiger partial charge is 0.388 e. The normalized spacial score (nSPS) is 15.0. The van der Waals surface area contributed by atoms with Crippen molar-refractivity contribution in [3.8, 4) is 0 Å². The number of nitrogens with zero attached hydrogens (tertiary/aromatic N) is 6. The topological polar surface area (TPSA) is 79.4 Å². The Morgan fingerprint density at radius 1 is 1.09 bits per heavy atom. The van der Waals surface area contributed by atoms with Crippen molar-refractivity contribution >= 4 is 32.8 Å². The molecule has 1 aromatic carbocycles. The van der Waals surface area contributed by atoms with Gasteiger partial charge in [0.1, 0.15) is 11.8 Å². The van der Waals surface area contributed by atoms with Gasteiger partial charge in [-0.1, -0.05) is 12.1 Å². The summed E-state index contributed by atoms with van der Waals surface area (Å²) in [6.07, 6.45) is 8.83. The quantitative estimate of drug-likeness (QED) is 0.433. The summed E-state index contributed by atoms with van der Waals surface area (Å²) in [6, 6.07) is 5.38. The van der Waals surface area contributed by atoms with Crippen LogP contribution >= 0.6 is 15.9 Å². The average molecular weight is 513 g/mol. The summed E-state index contributed by atoms with van der Waals surface area (Å²) in [6.45, 7) is 1.44. The van der Waals surface area contributed by atoms with Crippen molar-refractivity contribution in [2.45, 2.75) is 18.9 Å². The number of aromatic nitrogens is 5. The van der Waals surface area contributed by atoms with Crippen LogP contribution in [0.4, 0.5) is 14.6 Å². The molecule has 0 saturated heterocycles. The number of rotatable bonds is 5. The lowest BCUT2D eigenvalue weighted by molar-refractivity contribution is 0.177. The standard InChI is InChI=1S/C23H19BrF2N6O/c24-17-9-20-23(29-13-30-32(20)12-17)31-5-3-15(4-6-31)22-27-10-14(11-28-22)7-21(33)16-1-2-18(25)19(26)8-16/h1-3,8-13,21,33H,4-7H2. The molecule has 1 aliphatic rings. The van der Waals surface area contributed by atoms with Crippen LogP contribution in [-0.4, -0.2) is 42.8 Å². The molecule has 168 valence electrons. The highest BCUT2D eigenvalue weighted by Gasteiger charge is 2.19. The molecule has 0 amide bonds. The predicted octanol–water partition coefficient (Wildman–Crippen LogP) is 4.13. The molecule has 1 atom stereocenters. The first-order chi connectivity index (χ1) is 16.0. The second-order valence-corrected chi connectivity index (χ2v) is 8.72. The molecule has 4 aromatic rings. The minimum Gasteiger partial charge on any atom is -0.388 e. The van der Waals surface area contributed by atoms with Crippen LogP contribution in [0, 0.1) is 11.6 Å². The third-order valence-corrected chi connectivity index (χ3v) is 6.04. The molecular formula is C23H19BrF2N6O. The van der Waals surface area contributed by atoms with Crippen LogP contribution in [0.1, 0.15) is 29.5 Å². The second-order valence-electron chi connectivity index (χ2n) is 7.81. The molecule has 0 spiro atoms. The second kappa shape index (κ2) is 8.95. The monoisotopic (exact) mass is 512 g/mol. The molecule has 33 heavy (non-hydrogen) atoms. The van der Waals surface area contributed by atoms with Crippen molar-refractivity contribution in [2.24, 2.45) is 0 Å². The number of hydrogen-bond donors (Lipinski definition) is 1. The van der Waals surface area contributed by atoms with E-state index in [0.29, 0.717) is 23.5 Å². The maximum atomic E-state index is 13.4. The van der Waals surface area contributed by atoms with E-state index in [-0.39, 0.29) is 6.42 Å². The Morgan fingerprint density at radius 2 is 1.91 bits per heavy atom. The lowest BCUT2D eigenvalue weighted by Gasteiger charge is -2.27. The molecule has 10 heteroatoms. The van der Waals surface area contributed by atoms with E-state index in [1.165, 1.54) is 6.07 Å². The van der Waals surface area contributed by atoms with E-state index in [4.69, 9.17) is 0 Å². The third kappa shape index (κ3) is 4.49. The van der Waals surface area contributed by atoms with Crippen LogP contribution in [0.3, 0.4) is 0 Å². The maximum absolute atomic E-state index is 13.4. The molecule has 0 radical (unpaired) electrons. The van der Waals surface area contributed by atoms with Gasteiger partial charge in [0.25, 0.3) is 0 Å². The molecule has 3 aromatic heterocycles. The minimum absolute atomic E-state index is 0.203. The summed E-state index contributed by atoms with van der Waals surface area (Å²) in [5.74, 6) is -0.417. The van der Waals surface area contributed by atoms with Crippen molar-refractivity contribution in [3.05, 3.63) is 88.3 Å². The zero-order valence-corrected chi connectivity index (χ0v) is 19.0. The van der Waals surface area contributed by atoms with Crippen LogP contribution in [-0.2, 0) is 6.42 Å². The van der Waals surface area contributed by atoms with Gasteiger partial charge in [-0.05, 0) is 57.2 Å². The zero-order chi connectivity index (χ0) is 22.9. The molecule has 1 aliphatic heterocycles. The van der Waals surface area contributed by atoms with Crippen LogP contribution < -0.4 is 4.90 Å². The van der Waals surface area contributed by atoms with Gasteiger partial charge in [0.05, 0.1) is 6.10 Å². The Labute approximate surface area is 196 Å². The zero-order valence-electron chi connectivity index (χ0n) is 17.4. The molecule has 7 nitrogen and oxygen atoms in total. The number of halogens is 3. The van der Waals surface area contributed by atoms with Gasteiger partial charge in [-0.25, -0.2) is 28.2 Å². The van der Waals surface area contributed by atoms with Crippen LogP contribution in [0.15, 0.2) is 59.7 Å². The fourth-order valence-electron chi connectivity index (χ4n) is 3.88. The number of fused-ring (bicyclic) bond motifs is 1. The first kappa shape index (κ1) is 21.6. The summed E-state index contributed by atoms with van der Waals surface area (Å²) in [4.78, 5) is 15.5. The molecule has 5 rings (SSSR count). The average Bonchev–Trinajstić information content (AvgIpc) is 3.22. The number of hydrogen-bond acceptors (Lipinski definition) is 6. The van der Waals surface area contributed by atoms with Crippen LogP contribution in [0.5, 0.6) is 0 Å². The fourth-order valence-corrected chi connectivity index (χ4v) is 4.29. The molecule has 0 aliphatic carbocycles. The first-order valence-electron chi connectivity index (χ1n) is 10.3. The SMILES string of the molecule is OC(Cc1cnc(C2=CCN(c3ncnn4cc(Br)cc34)CC2)nc1)c1ccc(F)c(F)c1. The van der Waals surface area contributed by atoms with Crippen molar-refractivity contribution < 1.29 is 13.9 Å². The first-order valence-corrected chi connectivity index (χ1v) is 11.1. The van der Waals surface area contributed by atoms with E-state index in [0.717, 1.165) is 46.5 Å². The van der Waals surface area contributed by atoms with E-state index in [1.807, 2.05) is 12.3 Å². The highest BCUT2D eigenvalue weighted by Crippen LogP contribution is 2.27. The highest BCUT2D eigenvalue weighted by atomic mass is 79.9. The van der Waals surface area contributed by atoms with Crippen LogP contribution in [0.2, 0.25) is 0 Å². The summed E-state index contributed by atoms with van der Waals surface area (Å²) in [5.41, 5.74) is 2.99. The number of aliphatic hydroxyl groups excluding tert-OH is 1. The number of aliphatic hydroxyl groups is 1. The Morgan fingerprint density at radius 3 is 2.64 bits per heavy atom. The van der Waals surface area contributed by atoms with Gasteiger partial charge in [0, 0.05) is 42.6 Å². The van der Waals surface area contributed by atoms with E-state index in [2.05, 4.69) is 47.0 Å². The molecule has 0 fully saturated rings. The smallest absolute Gasteiger partial charge is 0.159 e. The lowest BCUT2D eigenvalue weighted by atomic mass is 10.0. The van der Waals surface area contributed by atoms with E-state index >= 15 is 0 Å². The highest BCUT2D eigenvalue weighted by molar-refractivity contribution is 9.10. The van der Waals surface area contributed by atoms with Crippen LogP contribution in [0.25, 0.3) is 11.1 Å². The molecule has 0 bridgehead atoms. The van der Waals surface area contributed by atoms with Gasteiger partial charge in [-0.15, -0.1) is 0 Å². The van der Waals surface area contributed by atoms with Gasteiger partial charge in [0.15, 0.2) is 23.3 Å². The number of benzene rings is 1. The van der Waals surface area contributed by atoms with Gasteiger partial charge in [-0.3, -0.25) is 0 Å². The number of anilines is 1. The summed E-state index contributed by atoms with van der Waals surface area (Å²) in [7, 11) is 0. The van der Waals surface area contributed by atoms with Gasteiger partial charge >= 0.3 is 0 Å². The fraction of sp³-hybridized carbons (Fsp3) is 0.217. The maximum Gasteiger partial charge on any atom is 0.159 e. The summed E-state index contributed by atoms with van der Waals surface area (Å²) < 4.78 is 29.3. The Hall–Kier alpha value is -3.24. The summed E-state index contributed by atoms with van der Waals surface area (Å²) >= 11 is 3.48. The molecule has 1 N–H and O–H groups in total. The predicted molar refractivity (Wildman–Crippen MR) is 123 cm³/mol. The van der Waals surface area contributed by atoms with E-state index in [1.54, 1.807) is 23.2 Å². The van der Waals surface area contributed by atoms with Crippen molar-refractivity contribution in [1.29, 1.82) is 0 Å². The lowest BCUT2D eigenvalue weighted by Crippen LogP contribution is -2.29. The van der Waals surface area contributed by atoms with Crippen molar-refractivity contribution in [1.82, 2.24) is 24.6 Å². The third-order valence-electron chi connectivity index (χ3n) is 5.61. The van der Waals surface area contributed by atoms with Crippen molar-refractivity contribution in [3.63, 3.8) is 0 Å². The Kier molecular flexibility index (Phi) is 5.86. The van der Waals surface area contributed by atoms with Gasteiger partial charge in [-0.2, -0.15) is 5.10 Å². The van der Waals surface area contributed by atoms with Gasteiger partial charge < -0.3 is 10.0 Å². The minimum atomic E-state index is -0.983. The van der Waals surface area contributed by atoms with E-state index < -0.39 is 17.7 Å².